The Labute approximate surface area is 89.9 Å². The molecule has 8 heavy (non-hydrogen) atoms. The van der Waals surface area contributed by atoms with E-state index in [0.29, 0.717) is 6.29 Å². The first-order chi connectivity index (χ1) is 3.27. The van der Waals surface area contributed by atoms with Gasteiger partial charge in [-0.1, -0.05) is 0 Å². The van der Waals surface area contributed by atoms with Crippen molar-refractivity contribution >= 4 is 12.3 Å². The quantitative estimate of drug-likeness (QED) is 0.294. The average molecular weight is 140 g/mol. The third-order valence-corrected chi connectivity index (χ3v) is 0.466. The standard InChI is InChI=1S/C4H6O3.K/c5-3-1-2-4(6)7;/h3H,1-2H2,(H,6,7);/q;+1/p-1. The van der Waals surface area contributed by atoms with Gasteiger partial charge in [0, 0.05) is 12.4 Å². The van der Waals surface area contributed by atoms with Crippen molar-refractivity contribution in [3.05, 3.63) is 0 Å². The van der Waals surface area contributed by atoms with E-state index in [0.717, 1.165) is 0 Å². The van der Waals surface area contributed by atoms with Gasteiger partial charge in [0.05, 0.1) is 0 Å². The summed E-state index contributed by atoms with van der Waals surface area (Å²) >= 11 is 0. The first-order valence-corrected chi connectivity index (χ1v) is 1.91. The van der Waals surface area contributed by atoms with E-state index in [4.69, 9.17) is 0 Å². The predicted molar refractivity (Wildman–Crippen MR) is 20.3 cm³/mol. The second-order valence-electron chi connectivity index (χ2n) is 1.08. The summed E-state index contributed by atoms with van der Waals surface area (Å²) in [5.74, 6) is -1.17. The number of carbonyl (C=O) groups is 2. The van der Waals surface area contributed by atoms with E-state index in [1.54, 1.807) is 0 Å². The first-order valence-electron chi connectivity index (χ1n) is 1.91. The molecule has 0 heterocycles. The molecule has 0 bridgehead atoms. The van der Waals surface area contributed by atoms with E-state index in [9.17, 15) is 14.7 Å². The van der Waals surface area contributed by atoms with E-state index < -0.39 is 5.97 Å². The van der Waals surface area contributed by atoms with Crippen molar-refractivity contribution in [2.75, 3.05) is 0 Å². The number of aliphatic carboxylic acids is 1. The third kappa shape index (κ3) is 9.91. The molecule has 0 aliphatic carbocycles. The molecule has 0 rings (SSSR count). The largest absolute Gasteiger partial charge is 1.00 e. The topological polar surface area (TPSA) is 57.2 Å². The molecule has 0 fully saturated rings. The van der Waals surface area contributed by atoms with Crippen LogP contribution in [-0.4, -0.2) is 12.3 Å². The van der Waals surface area contributed by atoms with Crippen LogP contribution in [0.4, 0.5) is 0 Å². The van der Waals surface area contributed by atoms with Gasteiger partial charge in [0.15, 0.2) is 0 Å². The molecule has 0 N–H and O–H groups in total. The minimum absolute atomic E-state index is 0. The molecular weight excluding hydrogens is 135 g/mol. The van der Waals surface area contributed by atoms with Gasteiger partial charge in [0.25, 0.3) is 0 Å². The zero-order chi connectivity index (χ0) is 5.70. The van der Waals surface area contributed by atoms with Crippen molar-refractivity contribution < 1.29 is 66.1 Å². The Hall–Kier alpha value is 0.776. The van der Waals surface area contributed by atoms with Gasteiger partial charge in [-0.3, -0.25) is 0 Å². The van der Waals surface area contributed by atoms with Crippen molar-refractivity contribution in [3.63, 3.8) is 0 Å². The van der Waals surface area contributed by atoms with Gasteiger partial charge in [-0.05, 0) is 6.42 Å². The summed E-state index contributed by atoms with van der Waals surface area (Å²) in [7, 11) is 0. The molecule has 0 aromatic heterocycles. The van der Waals surface area contributed by atoms with Crippen LogP contribution in [-0.2, 0) is 9.59 Å². The molecule has 0 aromatic rings. The summed E-state index contributed by atoms with van der Waals surface area (Å²) in [5, 5.41) is 9.49. The number of aldehydes is 1. The van der Waals surface area contributed by atoms with Gasteiger partial charge < -0.3 is 14.7 Å². The fourth-order valence-electron chi connectivity index (χ4n) is 0.177. The van der Waals surface area contributed by atoms with Crippen LogP contribution in [0.5, 0.6) is 0 Å². The summed E-state index contributed by atoms with van der Waals surface area (Å²) < 4.78 is 0. The Kier molecular flexibility index (Phi) is 11.2. The molecule has 0 aromatic carbocycles. The van der Waals surface area contributed by atoms with Crippen molar-refractivity contribution in [3.8, 4) is 0 Å². The van der Waals surface area contributed by atoms with Gasteiger partial charge in [0.2, 0.25) is 0 Å². The number of hydrogen-bond donors (Lipinski definition) is 0. The molecule has 0 aliphatic heterocycles. The van der Waals surface area contributed by atoms with Crippen LogP contribution in [0.1, 0.15) is 12.8 Å². The molecule has 0 radical (unpaired) electrons. The first kappa shape index (κ1) is 11.6. The molecule has 0 saturated carbocycles. The number of carbonyl (C=O) groups excluding carboxylic acids is 2. The van der Waals surface area contributed by atoms with Crippen LogP contribution < -0.4 is 56.5 Å². The minimum Gasteiger partial charge on any atom is -0.550 e. The smallest absolute Gasteiger partial charge is 0.550 e. The summed E-state index contributed by atoms with van der Waals surface area (Å²) in [6.45, 7) is 0. The third-order valence-electron chi connectivity index (χ3n) is 0.466. The Balaban J connectivity index is 0. The Morgan fingerprint density at radius 1 is 1.62 bits per heavy atom. The Bertz CT molecular complexity index is 81.4. The van der Waals surface area contributed by atoms with E-state index in [2.05, 4.69) is 0 Å². The zero-order valence-corrected chi connectivity index (χ0v) is 7.84. The van der Waals surface area contributed by atoms with Crippen molar-refractivity contribution in [2.24, 2.45) is 0 Å². The van der Waals surface area contributed by atoms with Crippen LogP contribution in [0.3, 0.4) is 0 Å². The van der Waals surface area contributed by atoms with Gasteiger partial charge in [0.1, 0.15) is 6.29 Å². The fraction of sp³-hybridized carbons (Fsp3) is 0.500. The van der Waals surface area contributed by atoms with Crippen LogP contribution in [0.15, 0.2) is 0 Å². The van der Waals surface area contributed by atoms with Gasteiger partial charge in [-0.2, -0.15) is 0 Å². The van der Waals surface area contributed by atoms with Crippen LogP contribution in [0.25, 0.3) is 0 Å². The van der Waals surface area contributed by atoms with Crippen molar-refractivity contribution in [1.82, 2.24) is 0 Å². The number of carboxylic acids is 1. The van der Waals surface area contributed by atoms with E-state index in [-0.39, 0.29) is 64.2 Å². The van der Waals surface area contributed by atoms with Crippen molar-refractivity contribution in [2.45, 2.75) is 12.8 Å². The molecule has 40 valence electrons. The fourth-order valence-corrected chi connectivity index (χ4v) is 0.177. The minimum atomic E-state index is -1.17. The average Bonchev–Trinajstić information content (AvgIpc) is 1.61. The van der Waals surface area contributed by atoms with E-state index in [1.165, 1.54) is 0 Å². The molecule has 4 heteroatoms. The molecule has 3 nitrogen and oxygen atoms in total. The van der Waals surface area contributed by atoms with Gasteiger partial charge in [-0.25, -0.2) is 0 Å². The van der Waals surface area contributed by atoms with Gasteiger partial charge in [-0.15, -0.1) is 0 Å². The number of carboxylic acid groups (broad SMARTS) is 1. The SMILES string of the molecule is O=CCCC(=O)[O-].[K+]. The normalized spacial score (nSPS) is 7.00. The molecular formula is C4H5KO3. The number of hydrogen-bond acceptors (Lipinski definition) is 3. The molecule has 0 aliphatic rings. The van der Waals surface area contributed by atoms with Gasteiger partial charge >= 0.3 is 51.4 Å². The second-order valence-corrected chi connectivity index (χ2v) is 1.08. The van der Waals surface area contributed by atoms with Crippen LogP contribution >= 0.6 is 0 Å². The summed E-state index contributed by atoms with van der Waals surface area (Å²) in [6.07, 6.45) is 0.446. The van der Waals surface area contributed by atoms with Crippen LogP contribution in [0.2, 0.25) is 0 Å². The van der Waals surface area contributed by atoms with Crippen molar-refractivity contribution in [1.29, 1.82) is 0 Å². The molecule has 0 amide bonds. The molecule has 0 atom stereocenters. The maximum atomic E-state index is 9.49. The summed E-state index contributed by atoms with van der Waals surface area (Å²) in [6, 6.07) is 0. The second kappa shape index (κ2) is 7.78. The molecule has 0 saturated heterocycles. The summed E-state index contributed by atoms with van der Waals surface area (Å²) in [4.78, 5) is 18.9. The molecule has 0 unspecified atom stereocenters. The Morgan fingerprint density at radius 2 is 2.12 bits per heavy atom. The maximum Gasteiger partial charge on any atom is 1.00 e. The van der Waals surface area contributed by atoms with E-state index >= 15 is 0 Å². The predicted octanol–water partition coefficient (Wildman–Crippen LogP) is -4.28. The zero-order valence-electron chi connectivity index (χ0n) is 4.72. The van der Waals surface area contributed by atoms with E-state index in [1.807, 2.05) is 0 Å². The number of rotatable bonds is 3. The monoisotopic (exact) mass is 140 g/mol. The van der Waals surface area contributed by atoms with Crippen LogP contribution in [0, 0.1) is 0 Å². The Morgan fingerprint density at radius 3 is 2.25 bits per heavy atom. The maximum absolute atomic E-state index is 9.49. The molecule has 0 spiro atoms. The summed E-state index contributed by atoms with van der Waals surface area (Å²) in [5.41, 5.74) is 0.